The molecule has 0 aliphatic carbocycles. The van der Waals surface area contributed by atoms with Crippen molar-refractivity contribution in [3.8, 4) is 5.75 Å². The second kappa shape index (κ2) is 11.4. The number of aromatic nitrogens is 3. The zero-order chi connectivity index (χ0) is 29.2. The number of hydrogen-bond acceptors (Lipinski definition) is 6. The van der Waals surface area contributed by atoms with Crippen LogP contribution in [-0.4, -0.2) is 26.6 Å². The van der Waals surface area contributed by atoms with Crippen LogP contribution >= 0.6 is 0 Å². The van der Waals surface area contributed by atoms with Crippen molar-refractivity contribution < 1.29 is 27.4 Å². The van der Waals surface area contributed by atoms with Gasteiger partial charge >= 0.3 is 6.09 Å². The standard InChI is InChI=1S/C29H29F3N4O4/c1-16(19-12-9-13-20(23(19)30)24(31)32)36(28(38)40-29(3,4)5)26-21-14-22(39-15-18-10-7-6-8-11-18)27(37)35-25(21)33-17(2)34-26/h6-14,16,24H,15H2,1-5H3,(H,33,34,35,37)/t16-/m1/s1. The number of anilines is 1. The van der Waals surface area contributed by atoms with Crippen molar-refractivity contribution in [2.24, 2.45) is 0 Å². The number of nitrogens with zero attached hydrogens (tertiary/aromatic N) is 3. The summed E-state index contributed by atoms with van der Waals surface area (Å²) in [4.78, 5) is 38.8. The van der Waals surface area contributed by atoms with Crippen molar-refractivity contribution in [1.29, 1.82) is 0 Å². The maximum atomic E-state index is 15.3. The highest BCUT2D eigenvalue weighted by Gasteiger charge is 2.33. The van der Waals surface area contributed by atoms with E-state index in [1.54, 1.807) is 27.7 Å². The number of fused-ring (bicyclic) bond motifs is 1. The molecular formula is C29H29F3N4O4. The molecule has 0 saturated heterocycles. The van der Waals surface area contributed by atoms with Crippen LogP contribution in [-0.2, 0) is 11.3 Å². The van der Waals surface area contributed by atoms with Gasteiger partial charge in [0.2, 0.25) is 0 Å². The minimum atomic E-state index is -3.06. The van der Waals surface area contributed by atoms with Gasteiger partial charge in [-0.25, -0.2) is 27.9 Å². The molecule has 0 unspecified atom stereocenters. The second-order valence-electron chi connectivity index (χ2n) is 10.2. The maximum absolute atomic E-state index is 15.3. The number of H-pyrrole nitrogens is 1. The van der Waals surface area contributed by atoms with E-state index in [1.165, 1.54) is 25.1 Å². The van der Waals surface area contributed by atoms with Crippen molar-refractivity contribution in [2.45, 2.75) is 59.3 Å². The summed E-state index contributed by atoms with van der Waals surface area (Å²) in [5.74, 6) is -1.03. The highest BCUT2D eigenvalue weighted by atomic mass is 19.3. The molecule has 0 bridgehead atoms. The lowest BCUT2D eigenvalue weighted by molar-refractivity contribution is 0.0566. The van der Waals surface area contributed by atoms with Crippen LogP contribution < -0.4 is 15.2 Å². The molecule has 2 aromatic heterocycles. The summed E-state index contributed by atoms with van der Waals surface area (Å²) in [6, 6.07) is 13.0. The summed E-state index contributed by atoms with van der Waals surface area (Å²) in [7, 11) is 0. The molecule has 0 aliphatic rings. The van der Waals surface area contributed by atoms with Crippen LogP contribution in [0.1, 0.15) is 62.7 Å². The van der Waals surface area contributed by atoms with Crippen LogP contribution in [0, 0.1) is 12.7 Å². The van der Waals surface area contributed by atoms with Crippen molar-refractivity contribution >= 4 is 22.9 Å². The highest BCUT2D eigenvalue weighted by molar-refractivity contribution is 5.98. The average Bonchev–Trinajstić information content (AvgIpc) is 2.87. The molecule has 0 spiro atoms. The first kappa shape index (κ1) is 28.6. The van der Waals surface area contributed by atoms with Crippen molar-refractivity contribution in [3.05, 3.63) is 93.3 Å². The molecule has 40 heavy (non-hydrogen) atoms. The first-order valence-corrected chi connectivity index (χ1v) is 12.5. The Balaban J connectivity index is 1.88. The Morgan fingerprint density at radius 3 is 2.38 bits per heavy atom. The Morgan fingerprint density at radius 1 is 1.05 bits per heavy atom. The molecule has 4 aromatic rings. The number of halogens is 3. The number of amides is 1. The summed E-state index contributed by atoms with van der Waals surface area (Å²) < 4.78 is 53.6. The van der Waals surface area contributed by atoms with Gasteiger partial charge in [-0.1, -0.05) is 48.5 Å². The normalized spacial score (nSPS) is 12.4. The Hall–Kier alpha value is -4.41. The lowest BCUT2D eigenvalue weighted by Gasteiger charge is -2.32. The maximum Gasteiger partial charge on any atom is 0.416 e. The van der Waals surface area contributed by atoms with Gasteiger partial charge in [0.25, 0.3) is 12.0 Å². The van der Waals surface area contributed by atoms with E-state index in [-0.39, 0.29) is 40.6 Å². The summed E-state index contributed by atoms with van der Waals surface area (Å²) in [6.45, 7) is 8.08. The van der Waals surface area contributed by atoms with Crippen LogP contribution in [0.3, 0.4) is 0 Å². The van der Waals surface area contributed by atoms with E-state index < -0.39 is 41.1 Å². The molecule has 0 saturated carbocycles. The summed E-state index contributed by atoms with van der Waals surface area (Å²) >= 11 is 0. The van der Waals surface area contributed by atoms with Gasteiger partial charge in [0, 0.05) is 11.6 Å². The van der Waals surface area contributed by atoms with Crippen LogP contribution in [0.2, 0.25) is 0 Å². The third-order valence-corrected chi connectivity index (χ3v) is 5.95. The first-order valence-electron chi connectivity index (χ1n) is 12.5. The van der Waals surface area contributed by atoms with Gasteiger partial charge in [-0.2, -0.15) is 0 Å². The van der Waals surface area contributed by atoms with Gasteiger partial charge < -0.3 is 14.5 Å². The Morgan fingerprint density at radius 2 is 1.73 bits per heavy atom. The minimum Gasteiger partial charge on any atom is -0.483 e. The van der Waals surface area contributed by atoms with E-state index in [1.807, 2.05) is 30.3 Å². The molecule has 1 atom stereocenters. The zero-order valence-corrected chi connectivity index (χ0v) is 22.7. The van der Waals surface area contributed by atoms with Crippen LogP contribution in [0.5, 0.6) is 5.75 Å². The molecule has 2 aromatic carbocycles. The predicted molar refractivity (Wildman–Crippen MR) is 144 cm³/mol. The Labute approximate surface area is 228 Å². The summed E-state index contributed by atoms with van der Waals surface area (Å²) in [5.41, 5.74) is -1.55. The Kier molecular flexibility index (Phi) is 8.13. The largest absolute Gasteiger partial charge is 0.483 e. The van der Waals surface area contributed by atoms with Gasteiger partial charge in [0.1, 0.15) is 29.5 Å². The number of alkyl halides is 2. The van der Waals surface area contributed by atoms with E-state index in [4.69, 9.17) is 9.47 Å². The molecule has 8 nitrogen and oxygen atoms in total. The quantitative estimate of drug-likeness (QED) is 0.270. The summed E-state index contributed by atoms with van der Waals surface area (Å²) in [6.07, 6.45) is -3.96. The molecule has 1 amide bonds. The smallest absolute Gasteiger partial charge is 0.416 e. The molecule has 0 aliphatic heterocycles. The number of aromatic amines is 1. The van der Waals surface area contributed by atoms with Crippen LogP contribution in [0.25, 0.3) is 11.0 Å². The van der Waals surface area contributed by atoms with Crippen LogP contribution in [0.15, 0.2) is 59.4 Å². The number of ether oxygens (including phenoxy) is 2. The number of carbonyl (C=O) groups is 1. The fraction of sp³-hybridized carbons (Fsp3) is 0.310. The lowest BCUT2D eigenvalue weighted by atomic mass is 10.0. The monoisotopic (exact) mass is 554 g/mol. The van der Waals surface area contributed by atoms with Gasteiger partial charge in [-0.15, -0.1) is 0 Å². The Bertz CT molecular complexity index is 1590. The molecule has 11 heteroatoms. The fourth-order valence-corrected chi connectivity index (χ4v) is 4.12. The van der Waals surface area contributed by atoms with E-state index in [0.717, 1.165) is 16.5 Å². The van der Waals surface area contributed by atoms with E-state index in [2.05, 4.69) is 15.0 Å². The number of benzene rings is 2. The van der Waals surface area contributed by atoms with Gasteiger partial charge in [-0.05, 0) is 40.2 Å². The molecular weight excluding hydrogens is 525 g/mol. The SMILES string of the molecule is Cc1nc(N(C(=O)OC(C)(C)C)[C@H](C)c2cccc(C(F)F)c2F)c2cc(OCc3ccccc3)c(=O)[nH]c2n1. The average molecular weight is 555 g/mol. The van der Waals surface area contributed by atoms with Crippen molar-refractivity contribution in [3.63, 3.8) is 0 Å². The van der Waals surface area contributed by atoms with Crippen molar-refractivity contribution in [1.82, 2.24) is 15.0 Å². The second-order valence-corrected chi connectivity index (χ2v) is 10.2. The molecule has 210 valence electrons. The fourth-order valence-electron chi connectivity index (χ4n) is 4.12. The molecule has 4 rings (SSSR count). The third kappa shape index (κ3) is 6.24. The van der Waals surface area contributed by atoms with E-state index >= 15 is 4.39 Å². The van der Waals surface area contributed by atoms with Gasteiger partial charge in [-0.3, -0.25) is 9.69 Å². The third-order valence-electron chi connectivity index (χ3n) is 5.95. The molecule has 1 N–H and O–H groups in total. The predicted octanol–water partition coefficient (Wildman–Crippen LogP) is 6.78. The number of carbonyl (C=O) groups excluding carboxylic acids is 1. The molecule has 2 heterocycles. The van der Waals surface area contributed by atoms with Gasteiger partial charge in [0.05, 0.1) is 17.0 Å². The number of rotatable bonds is 7. The van der Waals surface area contributed by atoms with Crippen molar-refractivity contribution in [2.75, 3.05) is 4.90 Å². The first-order chi connectivity index (χ1) is 18.9. The van der Waals surface area contributed by atoms with Crippen LogP contribution in [0.4, 0.5) is 23.8 Å². The number of nitrogens with one attached hydrogen (secondary N) is 1. The summed E-state index contributed by atoms with van der Waals surface area (Å²) in [5, 5.41) is 0.205. The minimum absolute atomic E-state index is 0.0214. The lowest BCUT2D eigenvalue weighted by Crippen LogP contribution is -2.39. The topological polar surface area (TPSA) is 97.4 Å². The number of hydrogen-bond donors (Lipinski definition) is 1. The highest BCUT2D eigenvalue weighted by Crippen LogP contribution is 2.36. The van der Waals surface area contributed by atoms with E-state index in [0.29, 0.717) is 0 Å². The zero-order valence-electron chi connectivity index (χ0n) is 22.7. The number of pyridine rings is 1. The van der Waals surface area contributed by atoms with Gasteiger partial charge in [0.15, 0.2) is 11.6 Å². The van der Waals surface area contributed by atoms with E-state index in [9.17, 15) is 18.4 Å². The molecule has 0 fully saturated rings. The number of aryl methyl sites for hydroxylation is 1. The molecule has 0 radical (unpaired) electrons.